The van der Waals surface area contributed by atoms with E-state index in [0.717, 1.165) is 24.1 Å². The van der Waals surface area contributed by atoms with Gasteiger partial charge in [0, 0.05) is 30.9 Å². The number of hydrogen-bond donors (Lipinski definition) is 0. The zero-order valence-electron chi connectivity index (χ0n) is 12.3. The summed E-state index contributed by atoms with van der Waals surface area (Å²) < 4.78 is 1.77. The average molecular weight is 271 g/mol. The van der Waals surface area contributed by atoms with E-state index >= 15 is 0 Å². The first kappa shape index (κ1) is 14.5. The number of Topliss-reactive ketones (excluding diaryl/α,β-unsaturated/α-hetero) is 1. The normalized spacial score (nSPS) is 11.0. The molecule has 0 amide bonds. The number of hydrogen-bond acceptors (Lipinski definition) is 3. The lowest BCUT2D eigenvalue weighted by molar-refractivity contribution is 0.0943. The molecule has 1 aromatic heterocycles. The van der Waals surface area contributed by atoms with Gasteiger partial charge in [0.1, 0.15) is 0 Å². The Morgan fingerprint density at radius 3 is 2.50 bits per heavy atom. The third-order valence-corrected chi connectivity index (χ3v) is 3.31. The van der Waals surface area contributed by atoms with Crippen molar-refractivity contribution in [1.82, 2.24) is 14.7 Å². The highest BCUT2D eigenvalue weighted by Gasteiger charge is 2.10. The van der Waals surface area contributed by atoms with Crippen molar-refractivity contribution in [2.75, 3.05) is 13.6 Å². The number of rotatable bonds is 6. The van der Waals surface area contributed by atoms with Gasteiger partial charge in [-0.3, -0.25) is 14.4 Å². The first-order chi connectivity index (χ1) is 9.58. The van der Waals surface area contributed by atoms with Crippen molar-refractivity contribution < 1.29 is 4.79 Å². The van der Waals surface area contributed by atoms with E-state index in [1.807, 2.05) is 55.7 Å². The molecule has 0 radical (unpaired) electrons. The van der Waals surface area contributed by atoms with Crippen LogP contribution in [0.4, 0.5) is 0 Å². The van der Waals surface area contributed by atoms with E-state index in [4.69, 9.17) is 0 Å². The van der Waals surface area contributed by atoms with Crippen LogP contribution in [-0.4, -0.2) is 34.1 Å². The number of nitrogens with zero attached hydrogens (tertiary/aromatic N) is 3. The largest absolute Gasteiger partial charge is 0.294 e. The molecule has 0 bridgehead atoms. The van der Waals surface area contributed by atoms with E-state index in [1.54, 1.807) is 4.68 Å². The van der Waals surface area contributed by atoms with Crippen molar-refractivity contribution in [3.63, 3.8) is 0 Å². The Hall–Kier alpha value is -1.94. The summed E-state index contributed by atoms with van der Waals surface area (Å²) in [5.74, 6) is 0.152. The fourth-order valence-corrected chi connectivity index (χ4v) is 2.18. The second kappa shape index (κ2) is 6.48. The summed E-state index contributed by atoms with van der Waals surface area (Å²) in [6, 6.07) is 7.88. The van der Waals surface area contributed by atoms with E-state index in [-0.39, 0.29) is 5.78 Å². The van der Waals surface area contributed by atoms with Crippen LogP contribution in [0.15, 0.2) is 36.7 Å². The van der Waals surface area contributed by atoms with Gasteiger partial charge in [0.05, 0.1) is 12.7 Å². The Labute approximate surface area is 120 Å². The minimum atomic E-state index is 0.152. The monoisotopic (exact) mass is 271 g/mol. The lowest BCUT2D eigenvalue weighted by Gasteiger charge is -2.14. The smallest absolute Gasteiger partial charge is 0.176 e. The molecule has 0 unspecified atom stereocenters. The summed E-state index contributed by atoms with van der Waals surface area (Å²) in [6.07, 6.45) is 4.80. The Morgan fingerprint density at radius 2 is 1.95 bits per heavy atom. The Bertz CT molecular complexity index is 572. The van der Waals surface area contributed by atoms with Crippen molar-refractivity contribution in [3.8, 4) is 0 Å². The molecule has 2 aromatic rings. The van der Waals surface area contributed by atoms with Crippen molar-refractivity contribution in [2.45, 2.75) is 19.9 Å². The number of carbonyl (C=O) groups excluding carboxylic acids is 1. The molecule has 0 spiro atoms. The predicted octanol–water partition coefficient (Wildman–Crippen LogP) is 2.30. The van der Waals surface area contributed by atoms with Crippen LogP contribution >= 0.6 is 0 Å². The van der Waals surface area contributed by atoms with Gasteiger partial charge in [0.2, 0.25) is 0 Å². The van der Waals surface area contributed by atoms with E-state index < -0.39 is 0 Å². The number of benzene rings is 1. The summed E-state index contributed by atoms with van der Waals surface area (Å²) in [5.41, 5.74) is 3.15. The summed E-state index contributed by atoms with van der Waals surface area (Å²) in [5, 5.41) is 4.13. The number of carbonyl (C=O) groups is 1. The van der Waals surface area contributed by atoms with Crippen LogP contribution in [0.2, 0.25) is 0 Å². The standard InChI is InChI=1S/C16H21N3O/c1-4-13-5-7-15(8-6-13)16(20)12-18(2)10-14-9-17-19(3)11-14/h5-9,11H,4,10,12H2,1-3H3. The predicted molar refractivity (Wildman–Crippen MR) is 79.7 cm³/mol. The van der Waals surface area contributed by atoms with Crippen molar-refractivity contribution in [3.05, 3.63) is 53.3 Å². The van der Waals surface area contributed by atoms with Gasteiger partial charge in [-0.1, -0.05) is 31.2 Å². The van der Waals surface area contributed by atoms with Gasteiger partial charge in [-0.25, -0.2) is 0 Å². The van der Waals surface area contributed by atoms with Crippen molar-refractivity contribution in [2.24, 2.45) is 7.05 Å². The summed E-state index contributed by atoms with van der Waals surface area (Å²) in [7, 11) is 3.84. The van der Waals surface area contributed by atoms with Crippen LogP contribution in [0.25, 0.3) is 0 Å². The van der Waals surface area contributed by atoms with Crippen LogP contribution in [-0.2, 0) is 20.0 Å². The molecular weight excluding hydrogens is 250 g/mol. The number of likely N-dealkylation sites (N-methyl/N-ethyl adjacent to an activating group) is 1. The number of aryl methyl sites for hydroxylation is 2. The van der Waals surface area contributed by atoms with Crippen LogP contribution < -0.4 is 0 Å². The summed E-state index contributed by atoms with van der Waals surface area (Å²) >= 11 is 0. The lowest BCUT2D eigenvalue weighted by Crippen LogP contribution is -2.25. The quantitative estimate of drug-likeness (QED) is 0.757. The van der Waals surface area contributed by atoms with Gasteiger partial charge in [0.25, 0.3) is 0 Å². The maximum atomic E-state index is 12.2. The zero-order chi connectivity index (χ0) is 14.5. The molecular formula is C16H21N3O. The minimum Gasteiger partial charge on any atom is -0.294 e. The minimum absolute atomic E-state index is 0.152. The van der Waals surface area contributed by atoms with Crippen molar-refractivity contribution >= 4 is 5.78 Å². The molecule has 20 heavy (non-hydrogen) atoms. The molecule has 0 aliphatic heterocycles. The topological polar surface area (TPSA) is 38.1 Å². The van der Waals surface area contributed by atoms with Gasteiger partial charge in [-0.15, -0.1) is 0 Å². The van der Waals surface area contributed by atoms with Crippen molar-refractivity contribution in [1.29, 1.82) is 0 Å². The molecule has 106 valence electrons. The Balaban J connectivity index is 1.92. The summed E-state index contributed by atoms with van der Waals surface area (Å²) in [4.78, 5) is 14.2. The van der Waals surface area contributed by atoms with Gasteiger partial charge in [-0.2, -0.15) is 5.10 Å². The highest BCUT2D eigenvalue weighted by Crippen LogP contribution is 2.08. The van der Waals surface area contributed by atoms with Crippen LogP contribution in [0.3, 0.4) is 0 Å². The molecule has 1 heterocycles. The summed E-state index contributed by atoms with van der Waals surface area (Å²) in [6.45, 7) is 3.26. The molecule has 0 aliphatic rings. The van der Waals surface area contributed by atoms with Gasteiger partial charge < -0.3 is 0 Å². The highest BCUT2D eigenvalue weighted by molar-refractivity contribution is 5.97. The van der Waals surface area contributed by atoms with E-state index in [2.05, 4.69) is 12.0 Å². The molecule has 0 aliphatic carbocycles. The van der Waals surface area contributed by atoms with Crippen LogP contribution in [0.1, 0.15) is 28.4 Å². The molecule has 0 atom stereocenters. The van der Waals surface area contributed by atoms with E-state index in [9.17, 15) is 4.79 Å². The van der Waals surface area contributed by atoms with Crippen LogP contribution in [0, 0.1) is 0 Å². The zero-order valence-corrected chi connectivity index (χ0v) is 12.3. The maximum Gasteiger partial charge on any atom is 0.176 e. The molecule has 0 saturated carbocycles. The average Bonchev–Trinajstić information content (AvgIpc) is 2.84. The van der Waals surface area contributed by atoms with Gasteiger partial charge in [-0.05, 0) is 19.0 Å². The SMILES string of the molecule is CCc1ccc(C(=O)CN(C)Cc2cnn(C)c2)cc1. The lowest BCUT2D eigenvalue weighted by atomic mass is 10.1. The molecule has 0 N–H and O–H groups in total. The number of ketones is 1. The van der Waals surface area contributed by atoms with Crippen LogP contribution in [0.5, 0.6) is 0 Å². The van der Waals surface area contributed by atoms with E-state index in [0.29, 0.717) is 6.54 Å². The van der Waals surface area contributed by atoms with E-state index in [1.165, 1.54) is 5.56 Å². The highest BCUT2D eigenvalue weighted by atomic mass is 16.1. The second-order valence-electron chi connectivity index (χ2n) is 5.17. The molecule has 0 fully saturated rings. The van der Waals surface area contributed by atoms with Gasteiger partial charge >= 0.3 is 0 Å². The third-order valence-electron chi connectivity index (χ3n) is 3.31. The molecule has 4 heteroatoms. The second-order valence-corrected chi connectivity index (χ2v) is 5.17. The fraction of sp³-hybridized carbons (Fsp3) is 0.375. The fourth-order valence-electron chi connectivity index (χ4n) is 2.18. The molecule has 4 nitrogen and oxygen atoms in total. The van der Waals surface area contributed by atoms with Gasteiger partial charge in [0.15, 0.2) is 5.78 Å². The molecule has 0 saturated heterocycles. The molecule has 1 aromatic carbocycles. The third kappa shape index (κ3) is 3.78. The first-order valence-corrected chi connectivity index (χ1v) is 6.86. The first-order valence-electron chi connectivity index (χ1n) is 6.86. The Morgan fingerprint density at radius 1 is 1.25 bits per heavy atom. The number of aromatic nitrogens is 2. The Kier molecular flexibility index (Phi) is 4.69. The maximum absolute atomic E-state index is 12.2. The molecule has 2 rings (SSSR count).